The molecule has 0 aliphatic heterocycles. The zero-order chi connectivity index (χ0) is 22.8. The van der Waals surface area contributed by atoms with Crippen LogP contribution in [0.15, 0.2) is 42.6 Å². The van der Waals surface area contributed by atoms with Gasteiger partial charge in [0.05, 0.1) is 25.5 Å². The predicted molar refractivity (Wildman–Crippen MR) is 128 cm³/mol. The van der Waals surface area contributed by atoms with E-state index < -0.39 is 0 Å². The van der Waals surface area contributed by atoms with Crippen LogP contribution in [0, 0.1) is 5.92 Å². The van der Waals surface area contributed by atoms with Gasteiger partial charge in [-0.05, 0) is 68.4 Å². The topological polar surface area (TPSA) is 51.7 Å². The highest BCUT2D eigenvalue weighted by molar-refractivity contribution is 5.78. The Morgan fingerprint density at radius 1 is 1.03 bits per heavy atom. The Hall–Kier alpha value is -2.56. The minimum absolute atomic E-state index is 0.0263. The Morgan fingerprint density at radius 2 is 1.78 bits per heavy atom. The number of ether oxygens (including phenoxy) is 2. The Labute approximate surface area is 193 Å². The maximum absolute atomic E-state index is 13.3. The molecule has 0 spiro atoms. The van der Waals surface area contributed by atoms with Crippen molar-refractivity contribution in [2.24, 2.45) is 5.92 Å². The molecule has 1 saturated carbocycles. The predicted octanol–water partition coefficient (Wildman–Crippen LogP) is 6.16. The maximum Gasteiger partial charge on any atom is 0.226 e. The van der Waals surface area contributed by atoms with Crippen LogP contribution in [0.2, 0.25) is 0 Å². The van der Waals surface area contributed by atoms with Crippen LogP contribution in [-0.4, -0.2) is 29.0 Å². The van der Waals surface area contributed by atoms with E-state index in [1.54, 1.807) is 13.3 Å². The number of nitrogens with zero attached hydrogens (tertiary/aromatic N) is 2. The molecule has 1 fully saturated rings. The van der Waals surface area contributed by atoms with Gasteiger partial charge in [0, 0.05) is 18.7 Å². The van der Waals surface area contributed by atoms with E-state index in [-0.39, 0.29) is 17.9 Å². The molecule has 1 aliphatic carbocycles. The maximum atomic E-state index is 13.3. The van der Waals surface area contributed by atoms with Gasteiger partial charge >= 0.3 is 0 Å². The molecule has 0 atom stereocenters. The summed E-state index contributed by atoms with van der Waals surface area (Å²) in [4.78, 5) is 19.6. The zero-order valence-electron chi connectivity index (χ0n) is 19.9. The third-order valence-corrected chi connectivity index (χ3v) is 6.42. The van der Waals surface area contributed by atoms with Crippen molar-refractivity contribution in [2.45, 2.75) is 84.4 Å². The molecule has 0 N–H and O–H groups in total. The number of carbonyl (C=O) groups excluding carboxylic acids is 1. The third kappa shape index (κ3) is 6.72. The lowest BCUT2D eigenvalue weighted by molar-refractivity contribution is -0.137. The van der Waals surface area contributed by atoms with E-state index in [9.17, 15) is 4.79 Å². The molecule has 1 amide bonds. The van der Waals surface area contributed by atoms with Gasteiger partial charge in [-0.1, -0.05) is 38.8 Å². The molecular weight excluding hydrogens is 400 g/mol. The van der Waals surface area contributed by atoms with Gasteiger partial charge in [-0.15, -0.1) is 0 Å². The number of rotatable bonds is 10. The second kappa shape index (κ2) is 12.5. The molecule has 0 bridgehead atoms. The van der Waals surface area contributed by atoms with Crippen LogP contribution in [0.4, 0.5) is 0 Å². The summed E-state index contributed by atoms with van der Waals surface area (Å²) >= 11 is 0. The number of carbonyl (C=O) groups is 1. The van der Waals surface area contributed by atoms with Crippen LogP contribution < -0.4 is 9.47 Å². The van der Waals surface area contributed by atoms with E-state index in [1.807, 2.05) is 35.2 Å². The minimum Gasteiger partial charge on any atom is -0.493 e. The molecule has 5 nitrogen and oxygen atoms in total. The SMILES string of the molecule is CCC(CC)C(=O)N(Cc1ccc(OC2CCCCCC2)c(OC)c1)Cc1ccccn1. The molecule has 0 saturated heterocycles. The first-order valence-corrected chi connectivity index (χ1v) is 12.2. The molecule has 5 heteroatoms. The zero-order valence-corrected chi connectivity index (χ0v) is 19.9. The third-order valence-electron chi connectivity index (χ3n) is 6.42. The first-order valence-electron chi connectivity index (χ1n) is 12.2. The highest BCUT2D eigenvalue weighted by atomic mass is 16.5. The fraction of sp³-hybridized carbons (Fsp3) is 0.556. The van der Waals surface area contributed by atoms with Crippen molar-refractivity contribution in [2.75, 3.05) is 7.11 Å². The van der Waals surface area contributed by atoms with Crippen LogP contribution in [0.3, 0.4) is 0 Å². The van der Waals surface area contributed by atoms with Crippen molar-refractivity contribution in [1.29, 1.82) is 0 Å². The largest absolute Gasteiger partial charge is 0.493 e. The molecule has 1 aromatic carbocycles. The van der Waals surface area contributed by atoms with Crippen molar-refractivity contribution in [3.63, 3.8) is 0 Å². The summed E-state index contributed by atoms with van der Waals surface area (Å²) in [6.07, 6.45) is 11.0. The van der Waals surface area contributed by atoms with Crippen LogP contribution in [0.1, 0.15) is 76.5 Å². The lowest BCUT2D eigenvalue weighted by atomic mass is 10.0. The summed E-state index contributed by atoms with van der Waals surface area (Å²) in [5, 5.41) is 0. The van der Waals surface area contributed by atoms with Gasteiger partial charge < -0.3 is 14.4 Å². The van der Waals surface area contributed by atoms with Gasteiger partial charge in [-0.3, -0.25) is 9.78 Å². The van der Waals surface area contributed by atoms with E-state index in [1.165, 1.54) is 25.7 Å². The molecule has 1 aliphatic rings. The molecule has 1 aromatic heterocycles. The highest BCUT2D eigenvalue weighted by Crippen LogP contribution is 2.32. The van der Waals surface area contributed by atoms with Gasteiger partial charge in [-0.25, -0.2) is 0 Å². The van der Waals surface area contributed by atoms with Crippen molar-refractivity contribution in [3.05, 3.63) is 53.9 Å². The van der Waals surface area contributed by atoms with Crippen molar-refractivity contribution < 1.29 is 14.3 Å². The lowest BCUT2D eigenvalue weighted by Gasteiger charge is -2.27. The van der Waals surface area contributed by atoms with Gasteiger partial charge in [0.15, 0.2) is 11.5 Å². The fourth-order valence-corrected chi connectivity index (χ4v) is 4.46. The van der Waals surface area contributed by atoms with Crippen LogP contribution in [-0.2, 0) is 17.9 Å². The van der Waals surface area contributed by atoms with Crippen LogP contribution in [0.25, 0.3) is 0 Å². The number of pyridine rings is 1. The molecule has 0 unspecified atom stereocenters. The van der Waals surface area contributed by atoms with Crippen LogP contribution >= 0.6 is 0 Å². The summed E-state index contributed by atoms with van der Waals surface area (Å²) in [5.74, 6) is 1.74. The quantitative estimate of drug-likeness (QED) is 0.417. The number of methoxy groups -OCH3 is 1. The normalized spacial score (nSPS) is 14.8. The van der Waals surface area contributed by atoms with E-state index >= 15 is 0 Å². The van der Waals surface area contributed by atoms with Gasteiger partial charge in [0.1, 0.15) is 0 Å². The smallest absolute Gasteiger partial charge is 0.226 e. The summed E-state index contributed by atoms with van der Waals surface area (Å²) < 4.78 is 12.0. The Bertz CT molecular complexity index is 828. The second-order valence-electron chi connectivity index (χ2n) is 8.75. The Balaban J connectivity index is 1.77. The van der Waals surface area contributed by atoms with Crippen molar-refractivity contribution in [1.82, 2.24) is 9.88 Å². The number of aromatic nitrogens is 1. The molecule has 1 heterocycles. The number of hydrogen-bond acceptors (Lipinski definition) is 4. The lowest BCUT2D eigenvalue weighted by Crippen LogP contribution is -2.35. The monoisotopic (exact) mass is 438 g/mol. The van der Waals surface area contributed by atoms with E-state index in [0.717, 1.165) is 48.4 Å². The van der Waals surface area contributed by atoms with E-state index in [4.69, 9.17) is 9.47 Å². The number of amides is 1. The molecule has 3 rings (SSSR count). The highest BCUT2D eigenvalue weighted by Gasteiger charge is 2.23. The number of hydrogen-bond donors (Lipinski definition) is 0. The van der Waals surface area contributed by atoms with Gasteiger partial charge in [-0.2, -0.15) is 0 Å². The summed E-state index contributed by atoms with van der Waals surface area (Å²) in [7, 11) is 1.68. The van der Waals surface area contributed by atoms with Crippen molar-refractivity contribution in [3.8, 4) is 11.5 Å². The van der Waals surface area contributed by atoms with Gasteiger partial charge in [0.2, 0.25) is 5.91 Å². The first kappa shape index (κ1) is 24.1. The Kier molecular flexibility index (Phi) is 9.39. The first-order chi connectivity index (χ1) is 15.6. The minimum atomic E-state index is 0.0263. The summed E-state index contributed by atoms with van der Waals surface area (Å²) in [6, 6.07) is 11.9. The standard InChI is InChI=1S/C27H38N2O3/c1-4-22(5-2)27(30)29(20-23-12-10-11-17-28-23)19-21-15-16-25(26(18-21)31-3)32-24-13-8-6-7-9-14-24/h10-12,15-18,22,24H,4-9,13-14,19-20H2,1-3H3. The number of benzene rings is 1. The van der Waals surface area contributed by atoms with Crippen molar-refractivity contribution >= 4 is 5.91 Å². The van der Waals surface area contributed by atoms with Crippen LogP contribution in [0.5, 0.6) is 11.5 Å². The average molecular weight is 439 g/mol. The molecule has 174 valence electrons. The molecular formula is C27H38N2O3. The van der Waals surface area contributed by atoms with Gasteiger partial charge in [0.25, 0.3) is 0 Å². The molecule has 2 aromatic rings. The second-order valence-corrected chi connectivity index (χ2v) is 8.75. The Morgan fingerprint density at radius 3 is 2.41 bits per heavy atom. The molecule has 0 radical (unpaired) electrons. The fourth-order valence-electron chi connectivity index (χ4n) is 4.46. The molecule has 32 heavy (non-hydrogen) atoms. The van der Waals surface area contributed by atoms with E-state index in [0.29, 0.717) is 13.1 Å². The van der Waals surface area contributed by atoms with E-state index in [2.05, 4.69) is 24.9 Å². The summed E-state index contributed by atoms with van der Waals surface area (Å²) in [6.45, 7) is 5.17. The summed E-state index contributed by atoms with van der Waals surface area (Å²) in [5.41, 5.74) is 1.93. The average Bonchev–Trinajstić information content (AvgIpc) is 3.09.